The van der Waals surface area contributed by atoms with E-state index in [-0.39, 0.29) is 5.95 Å². The lowest BCUT2D eigenvalue weighted by atomic mass is 10.1. The van der Waals surface area contributed by atoms with E-state index in [2.05, 4.69) is 41.9 Å². The number of aromatic nitrogens is 5. The number of fused-ring (bicyclic) bond motifs is 1. The van der Waals surface area contributed by atoms with Gasteiger partial charge in [0.1, 0.15) is 11.4 Å². The van der Waals surface area contributed by atoms with Crippen LogP contribution in [0.3, 0.4) is 0 Å². The Labute approximate surface area is 210 Å². The summed E-state index contributed by atoms with van der Waals surface area (Å²) in [4.78, 5) is 12.6. The SMILES string of the molecule is Nc1nccc(-c2cccnc2Oc2ccc(Nc3nnc(-c4ccccc4)c4ccsc34)cc2)n1. The largest absolute Gasteiger partial charge is 0.438 e. The molecule has 0 unspecified atom stereocenters. The topological polar surface area (TPSA) is 112 Å². The van der Waals surface area contributed by atoms with Crippen LogP contribution in [-0.2, 0) is 0 Å². The minimum absolute atomic E-state index is 0.192. The molecule has 0 bridgehead atoms. The molecule has 0 atom stereocenters. The summed E-state index contributed by atoms with van der Waals surface area (Å²) in [6, 6.07) is 25.2. The Hall–Kier alpha value is -4.89. The van der Waals surface area contributed by atoms with Gasteiger partial charge in [-0.1, -0.05) is 30.3 Å². The molecular weight excluding hydrogens is 470 g/mol. The number of rotatable bonds is 6. The summed E-state index contributed by atoms with van der Waals surface area (Å²) >= 11 is 1.63. The van der Waals surface area contributed by atoms with Crippen molar-refractivity contribution in [1.82, 2.24) is 25.1 Å². The highest BCUT2D eigenvalue weighted by Crippen LogP contribution is 2.35. The van der Waals surface area contributed by atoms with Crippen LogP contribution in [0, 0.1) is 0 Å². The molecule has 6 rings (SSSR count). The molecule has 0 amide bonds. The molecule has 0 aliphatic rings. The predicted octanol–water partition coefficient (Wildman–Crippen LogP) is 6.33. The number of nitrogen functional groups attached to an aromatic ring is 1. The first-order chi connectivity index (χ1) is 17.7. The van der Waals surface area contributed by atoms with Gasteiger partial charge in [0.25, 0.3) is 0 Å². The van der Waals surface area contributed by atoms with Crippen molar-refractivity contribution in [2.24, 2.45) is 0 Å². The number of anilines is 3. The molecule has 8 nitrogen and oxygen atoms in total. The first kappa shape index (κ1) is 21.6. The maximum atomic E-state index is 6.07. The predicted molar refractivity (Wildman–Crippen MR) is 142 cm³/mol. The summed E-state index contributed by atoms with van der Waals surface area (Å²) in [5, 5.41) is 15.5. The minimum Gasteiger partial charge on any atom is -0.438 e. The maximum absolute atomic E-state index is 6.07. The minimum atomic E-state index is 0.192. The number of benzene rings is 2. The van der Waals surface area contributed by atoms with Gasteiger partial charge in [0.2, 0.25) is 11.8 Å². The number of hydrogen-bond donors (Lipinski definition) is 2. The molecule has 6 aromatic rings. The molecule has 174 valence electrons. The van der Waals surface area contributed by atoms with Crippen LogP contribution in [-0.4, -0.2) is 25.1 Å². The van der Waals surface area contributed by atoms with Crippen LogP contribution >= 0.6 is 11.3 Å². The van der Waals surface area contributed by atoms with Crippen LogP contribution in [0.1, 0.15) is 0 Å². The average molecular weight is 490 g/mol. The highest BCUT2D eigenvalue weighted by atomic mass is 32.1. The normalized spacial score (nSPS) is 10.9. The molecule has 36 heavy (non-hydrogen) atoms. The van der Waals surface area contributed by atoms with Crippen LogP contribution in [0.5, 0.6) is 11.6 Å². The molecule has 4 heterocycles. The number of pyridine rings is 1. The quantitative estimate of drug-likeness (QED) is 0.279. The Bertz CT molecular complexity index is 1650. The highest BCUT2D eigenvalue weighted by molar-refractivity contribution is 7.17. The lowest BCUT2D eigenvalue weighted by molar-refractivity contribution is 0.465. The van der Waals surface area contributed by atoms with Crippen molar-refractivity contribution in [3.05, 3.63) is 96.6 Å². The number of ether oxygens (including phenoxy) is 1. The third kappa shape index (κ3) is 4.30. The van der Waals surface area contributed by atoms with E-state index in [0.29, 0.717) is 23.1 Å². The molecule has 0 spiro atoms. The van der Waals surface area contributed by atoms with Crippen molar-refractivity contribution in [2.45, 2.75) is 0 Å². The summed E-state index contributed by atoms with van der Waals surface area (Å²) in [5.74, 6) is 1.97. The van der Waals surface area contributed by atoms with Gasteiger partial charge >= 0.3 is 0 Å². The second kappa shape index (κ2) is 9.40. The van der Waals surface area contributed by atoms with Crippen molar-refractivity contribution >= 4 is 38.9 Å². The van der Waals surface area contributed by atoms with E-state index in [1.165, 1.54) is 0 Å². The van der Waals surface area contributed by atoms with Gasteiger partial charge in [-0.05, 0) is 53.9 Å². The van der Waals surface area contributed by atoms with Crippen molar-refractivity contribution in [3.63, 3.8) is 0 Å². The molecule has 0 aliphatic heterocycles. The summed E-state index contributed by atoms with van der Waals surface area (Å²) in [6.07, 6.45) is 3.28. The zero-order valence-electron chi connectivity index (χ0n) is 18.9. The van der Waals surface area contributed by atoms with Crippen molar-refractivity contribution < 1.29 is 4.74 Å². The maximum Gasteiger partial charge on any atom is 0.228 e. The van der Waals surface area contributed by atoms with E-state index in [4.69, 9.17) is 10.5 Å². The number of hydrogen-bond acceptors (Lipinski definition) is 9. The second-order valence-corrected chi connectivity index (χ2v) is 8.75. The van der Waals surface area contributed by atoms with Crippen LogP contribution < -0.4 is 15.8 Å². The lowest BCUT2D eigenvalue weighted by Crippen LogP contribution is -1.98. The van der Waals surface area contributed by atoms with E-state index in [1.54, 1.807) is 29.8 Å². The molecule has 9 heteroatoms. The fourth-order valence-electron chi connectivity index (χ4n) is 3.81. The van der Waals surface area contributed by atoms with Crippen LogP contribution in [0.4, 0.5) is 17.5 Å². The summed E-state index contributed by atoms with van der Waals surface area (Å²) in [7, 11) is 0. The van der Waals surface area contributed by atoms with Crippen molar-refractivity contribution in [2.75, 3.05) is 11.1 Å². The molecule has 0 saturated heterocycles. The van der Waals surface area contributed by atoms with Gasteiger partial charge in [0.05, 0.1) is 16.0 Å². The monoisotopic (exact) mass is 489 g/mol. The summed E-state index contributed by atoms with van der Waals surface area (Å²) in [6.45, 7) is 0. The molecule has 3 N–H and O–H groups in total. The molecule has 0 saturated carbocycles. The Morgan fingerprint density at radius 1 is 0.806 bits per heavy atom. The van der Waals surface area contributed by atoms with E-state index in [1.807, 2.05) is 66.7 Å². The fraction of sp³-hybridized carbons (Fsp3) is 0. The van der Waals surface area contributed by atoms with Gasteiger partial charge in [0.15, 0.2) is 5.82 Å². The zero-order valence-corrected chi connectivity index (χ0v) is 19.7. The van der Waals surface area contributed by atoms with E-state index >= 15 is 0 Å². The van der Waals surface area contributed by atoms with Gasteiger partial charge in [0, 0.05) is 29.0 Å². The van der Waals surface area contributed by atoms with Crippen LogP contribution in [0.15, 0.2) is 96.6 Å². The number of nitrogens with one attached hydrogen (secondary N) is 1. The van der Waals surface area contributed by atoms with Gasteiger partial charge in [-0.3, -0.25) is 0 Å². The zero-order chi connectivity index (χ0) is 24.3. The molecule has 4 aromatic heterocycles. The van der Waals surface area contributed by atoms with Crippen LogP contribution in [0.2, 0.25) is 0 Å². The number of nitrogens with two attached hydrogens (primary N) is 1. The third-order valence-corrected chi connectivity index (χ3v) is 6.41. The van der Waals surface area contributed by atoms with Crippen molar-refractivity contribution in [3.8, 4) is 34.1 Å². The molecule has 0 radical (unpaired) electrons. The van der Waals surface area contributed by atoms with Gasteiger partial charge in [-0.25, -0.2) is 15.0 Å². The van der Waals surface area contributed by atoms with E-state index in [9.17, 15) is 0 Å². The van der Waals surface area contributed by atoms with Gasteiger partial charge in [-0.15, -0.1) is 21.5 Å². The smallest absolute Gasteiger partial charge is 0.228 e. The Morgan fingerprint density at radius 3 is 2.50 bits per heavy atom. The second-order valence-electron chi connectivity index (χ2n) is 7.83. The standard InChI is InChI=1S/C27H19N7OS/c28-27-30-15-12-22(32-27)20-7-4-14-29-26(20)35-19-10-8-18(9-11-19)31-25-24-21(13-16-36-24)23(33-34-25)17-5-2-1-3-6-17/h1-16H,(H,31,34)(H2,28,30,32). The van der Waals surface area contributed by atoms with Crippen molar-refractivity contribution in [1.29, 1.82) is 0 Å². The Balaban J connectivity index is 1.24. The Kier molecular flexibility index (Phi) is 5.65. The number of nitrogens with zero attached hydrogens (tertiary/aromatic N) is 5. The van der Waals surface area contributed by atoms with Gasteiger partial charge in [-0.2, -0.15) is 0 Å². The van der Waals surface area contributed by atoms with Gasteiger partial charge < -0.3 is 15.8 Å². The summed E-state index contributed by atoms with van der Waals surface area (Å²) < 4.78 is 7.11. The first-order valence-electron chi connectivity index (χ1n) is 11.1. The number of thiophene rings is 1. The van der Waals surface area contributed by atoms with Crippen LogP contribution in [0.25, 0.3) is 32.6 Å². The first-order valence-corrected chi connectivity index (χ1v) is 12.0. The molecule has 0 aliphatic carbocycles. The van der Waals surface area contributed by atoms with E-state index < -0.39 is 0 Å². The molecule has 2 aromatic carbocycles. The molecule has 0 fully saturated rings. The fourth-order valence-corrected chi connectivity index (χ4v) is 4.65. The van der Waals surface area contributed by atoms with E-state index in [0.717, 1.165) is 32.6 Å². The third-order valence-electron chi connectivity index (χ3n) is 5.49. The molecular formula is C27H19N7OS. The average Bonchev–Trinajstić information content (AvgIpc) is 3.41. The lowest BCUT2D eigenvalue weighted by Gasteiger charge is -2.11. The Morgan fingerprint density at radius 2 is 1.67 bits per heavy atom. The summed E-state index contributed by atoms with van der Waals surface area (Å²) in [5.41, 5.74) is 9.89. The highest BCUT2D eigenvalue weighted by Gasteiger charge is 2.13.